The van der Waals surface area contributed by atoms with Crippen molar-refractivity contribution < 1.29 is 24.2 Å². The molecule has 11 nitrogen and oxygen atoms in total. The molecule has 1 aliphatic heterocycles. The van der Waals surface area contributed by atoms with Crippen LogP contribution in [0.4, 0.5) is 17.1 Å². The fourth-order valence-corrected chi connectivity index (χ4v) is 6.21. The van der Waals surface area contributed by atoms with E-state index in [1.807, 2.05) is 48.5 Å². The van der Waals surface area contributed by atoms with E-state index in [2.05, 4.69) is 0 Å². The maximum Gasteiger partial charge on any atom is 0.278 e. The van der Waals surface area contributed by atoms with Gasteiger partial charge in [0, 0.05) is 30.9 Å². The molecule has 7 rings (SSSR count). The molecule has 1 heterocycles. The Hall–Kier alpha value is -4.93. The Kier molecular flexibility index (Phi) is 4.74. The number of anilines is 1. The second-order valence-corrected chi connectivity index (χ2v) is 9.31. The molecular weight excluding hydrogens is 480 g/mol. The van der Waals surface area contributed by atoms with E-state index < -0.39 is 62.6 Å². The van der Waals surface area contributed by atoms with Gasteiger partial charge >= 0.3 is 0 Å². The van der Waals surface area contributed by atoms with Crippen LogP contribution in [0.2, 0.25) is 0 Å². The normalized spacial score (nSPS) is 22.8. The number of nitro groups is 2. The van der Waals surface area contributed by atoms with E-state index in [1.165, 1.54) is 0 Å². The van der Waals surface area contributed by atoms with Gasteiger partial charge in [0.2, 0.25) is 5.91 Å². The average Bonchev–Trinajstić information content (AvgIpc) is 3.14. The highest BCUT2D eigenvalue weighted by Gasteiger charge is 2.63. The Morgan fingerprint density at radius 3 is 1.46 bits per heavy atom. The van der Waals surface area contributed by atoms with Crippen LogP contribution < -0.4 is 5.01 Å². The molecule has 2 unspecified atom stereocenters. The molecule has 3 amide bonds. The second kappa shape index (κ2) is 7.79. The van der Waals surface area contributed by atoms with Gasteiger partial charge in [-0.25, -0.2) is 5.01 Å². The molecule has 0 saturated carbocycles. The van der Waals surface area contributed by atoms with E-state index in [1.54, 1.807) is 0 Å². The fraction of sp³-hybridized carbons (Fsp3) is 0.192. The zero-order chi connectivity index (χ0) is 26.2. The van der Waals surface area contributed by atoms with Crippen LogP contribution in [-0.2, 0) is 14.4 Å². The third kappa shape index (κ3) is 3.03. The highest BCUT2D eigenvalue weighted by atomic mass is 16.6. The number of hydrogen-bond donors (Lipinski definition) is 0. The van der Waals surface area contributed by atoms with Gasteiger partial charge in [0.15, 0.2) is 0 Å². The highest BCUT2D eigenvalue weighted by molar-refractivity contribution is 6.12. The summed E-state index contributed by atoms with van der Waals surface area (Å²) in [5, 5.41) is 24.3. The standard InChI is InChI=1S/C26H18N4O7/c1-13(31)27(14-10-15(29(34)35)12-16(11-14)30(36)37)28-25(32)23-21-17-6-2-3-7-18(17)22(24(23)26(28)33)20-9-5-4-8-19(20)21/h2-12,21-24H,1H3. The van der Waals surface area contributed by atoms with Gasteiger partial charge in [0.25, 0.3) is 23.2 Å². The van der Waals surface area contributed by atoms with Gasteiger partial charge in [-0.05, 0) is 22.3 Å². The lowest BCUT2D eigenvalue weighted by Crippen LogP contribution is -2.50. The smallest absolute Gasteiger partial charge is 0.273 e. The summed E-state index contributed by atoms with van der Waals surface area (Å²) < 4.78 is 0. The monoisotopic (exact) mass is 498 g/mol. The lowest BCUT2D eigenvalue weighted by atomic mass is 9.55. The van der Waals surface area contributed by atoms with Crippen molar-refractivity contribution >= 4 is 34.8 Å². The average molecular weight is 498 g/mol. The van der Waals surface area contributed by atoms with Gasteiger partial charge in [-0.15, -0.1) is 0 Å². The van der Waals surface area contributed by atoms with E-state index in [-0.39, 0.29) is 5.69 Å². The number of nitrogens with zero attached hydrogens (tertiary/aromatic N) is 4. The van der Waals surface area contributed by atoms with Gasteiger partial charge in [-0.3, -0.25) is 34.6 Å². The predicted molar refractivity (Wildman–Crippen MR) is 128 cm³/mol. The van der Waals surface area contributed by atoms with Crippen LogP contribution in [0, 0.1) is 32.1 Å². The Morgan fingerprint density at radius 1 is 0.757 bits per heavy atom. The molecule has 184 valence electrons. The molecule has 4 aliphatic rings. The summed E-state index contributed by atoms with van der Waals surface area (Å²) in [5.41, 5.74) is 2.16. The van der Waals surface area contributed by atoms with Gasteiger partial charge < -0.3 is 0 Å². The molecular formula is C26H18N4O7. The van der Waals surface area contributed by atoms with Crippen molar-refractivity contribution in [2.75, 3.05) is 5.01 Å². The lowest BCUT2D eigenvalue weighted by Gasteiger charge is -2.45. The fourth-order valence-electron chi connectivity index (χ4n) is 6.21. The third-order valence-electron chi connectivity index (χ3n) is 7.48. The minimum atomic E-state index is -0.838. The Bertz CT molecular complexity index is 1420. The number of non-ortho nitro benzene ring substituents is 2. The van der Waals surface area contributed by atoms with Crippen LogP contribution in [0.25, 0.3) is 0 Å². The van der Waals surface area contributed by atoms with Crippen molar-refractivity contribution in [3.8, 4) is 0 Å². The first kappa shape index (κ1) is 22.5. The number of hydrazine groups is 1. The van der Waals surface area contributed by atoms with Crippen molar-refractivity contribution in [3.05, 3.63) is 109 Å². The van der Waals surface area contributed by atoms with Gasteiger partial charge in [-0.1, -0.05) is 48.5 Å². The first-order valence-electron chi connectivity index (χ1n) is 11.5. The van der Waals surface area contributed by atoms with Crippen molar-refractivity contribution in [2.45, 2.75) is 18.8 Å². The van der Waals surface area contributed by atoms with Crippen molar-refractivity contribution in [1.29, 1.82) is 0 Å². The molecule has 3 aromatic rings. The molecule has 2 bridgehead atoms. The van der Waals surface area contributed by atoms with Crippen LogP contribution >= 0.6 is 0 Å². The van der Waals surface area contributed by atoms with Crippen molar-refractivity contribution in [1.82, 2.24) is 5.01 Å². The minimum Gasteiger partial charge on any atom is -0.273 e. The molecule has 1 fully saturated rings. The van der Waals surface area contributed by atoms with Crippen molar-refractivity contribution in [3.63, 3.8) is 0 Å². The number of imide groups is 1. The summed E-state index contributed by atoms with van der Waals surface area (Å²) in [4.78, 5) is 62.0. The molecule has 37 heavy (non-hydrogen) atoms. The first-order valence-corrected chi connectivity index (χ1v) is 11.5. The maximum atomic E-state index is 14.0. The predicted octanol–water partition coefficient (Wildman–Crippen LogP) is 3.66. The molecule has 3 aliphatic carbocycles. The summed E-state index contributed by atoms with van der Waals surface area (Å²) in [6.07, 6.45) is 0. The first-order chi connectivity index (χ1) is 17.7. The van der Waals surface area contributed by atoms with Crippen LogP contribution in [0.3, 0.4) is 0 Å². The Morgan fingerprint density at radius 2 is 1.14 bits per heavy atom. The van der Waals surface area contributed by atoms with Crippen LogP contribution in [-0.4, -0.2) is 32.6 Å². The number of amides is 3. The number of hydrogen-bond acceptors (Lipinski definition) is 7. The molecule has 2 atom stereocenters. The molecule has 11 heteroatoms. The maximum absolute atomic E-state index is 14.0. The summed E-state index contributed by atoms with van der Waals surface area (Å²) in [6.45, 7) is 1.09. The van der Waals surface area contributed by atoms with E-state index in [9.17, 15) is 34.6 Å². The number of nitro benzene ring substituents is 2. The largest absolute Gasteiger partial charge is 0.278 e. The molecule has 0 aromatic heterocycles. The highest BCUT2D eigenvalue weighted by Crippen LogP contribution is 2.61. The minimum absolute atomic E-state index is 0.309. The van der Waals surface area contributed by atoms with Crippen LogP contribution in [0.15, 0.2) is 66.7 Å². The Balaban J connectivity index is 1.52. The number of benzene rings is 3. The summed E-state index contributed by atoms with van der Waals surface area (Å²) >= 11 is 0. The van der Waals surface area contributed by atoms with Gasteiger partial charge in [0.1, 0.15) is 0 Å². The van der Waals surface area contributed by atoms with E-state index in [0.29, 0.717) is 0 Å². The van der Waals surface area contributed by atoms with Crippen molar-refractivity contribution in [2.24, 2.45) is 11.8 Å². The zero-order valence-electron chi connectivity index (χ0n) is 19.3. The third-order valence-corrected chi connectivity index (χ3v) is 7.48. The number of carbonyl (C=O) groups is 3. The quantitative estimate of drug-likeness (QED) is 0.303. The summed E-state index contributed by atoms with van der Waals surface area (Å²) in [6, 6.07) is 17.9. The number of carbonyl (C=O) groups excluding carboxylic acids is 3. The molecule has 3 aromatic carbocycles. The summed E-state index contributed by atoms with van der Waals surface area (Å²) in [5.74, 6) is -4.47. The molecule has 0 N–H and O–H groups in total. The summed E-state index contributed by atoms with van der Waals surface area (Å²) in [7, 11) is 0. The topological polar surface area (TPSA) is 144 Å². The molecule has 0 spiro atoms. The Labute approximate surface area is 209 Å². The van der Waals surface area contributed by atoms with E-state index >= 15 is 0 Å². The van der Waals surface area contributed by atoms with E-state index in [4.69, 9.17) is 0 Å². The van der Waals surface area contributed by atoms with Gasteiger partial charge in [-0.2, -0.15) is 5.01 Å². The van der Waals surface area contributed by atoms with E-state index in [0.717, 1.165) is 57.4 Å². The zero-order valence-corrected chi connectivity index (χ0v) is 19.3. The van der Waals surface area contributed by atoms with Crippen LogP contribution in [0.1, 0.15) is 41.0 Å². The number of rotatable bonds is 4. The second-order valence-electron chi connectivity index (χ2n) is 9.31. The lowest BCUT2D eigenvalue weighted by molar-refractivity contribution is -0.394. The van der Waals surface area contributed by atoms with Gasteiger partial charge in [0.05, 0.1) is 33.4 Å². The SMILES string of the molecule is CC(=O)N(c1cc([N+](=O)[O-])cc([N+](=O)[O-])c1)N1C(=O)C2C3c4ccccc4C(c4ccccc43)C2C1=O. The van der Waals surface area contributed by atoms with Crippen LogP contribution in [0.5, 0.6) is 0 Å². The molecule has 0 radical (unpaired) electrons. The molecule has 1 saturated heterocycles.